The van der Waals surface area contributed by atoms with Crippen LogP contribution in [0.2, 0.25) is 0 Å². The number of fused-ring (bicyclic) bond motifs is 1. The molecule has 2 N–H and O–H groups in total. The molecule has 22 heavy (non-hydrogen) atoms. The minimum absolute atomic E-state index is 0.451. The van der Waals surface area contributed by atoms with Gasteiger partial charge >= 0.3 is 5.97 Å². The van der Waals surface area contributed by atoms with Crippen LogP contribution in [0.3, 0.4) is 0 Å². The summed E-state index contributed by atoms with van der Waals surface area (Å²) < 4.78 is 0. The average molecular weight is 298 g/mol. The van der Waals surface area contributed by atoms with Crippen LogP contribution in [0.25, 0.3) is 10.8 Å². The first-order valence-electron chi connectivity index (χ1n) is 7.98. The number of aliphatic carboxylic acids is 1. The van der Waals surface area contributed by atoms with Gasteiger partial charge in [-0.15, -0.1) is 0 Å². The molecule has 1 aliphatic rings. The third-order valence-electron chi connectivity index (χ3n) is 5.38. The highest BCUT2D eigenvalue weighted by Crippen LogP contribution is 2.49. The fourth-order valence-corrected chi connectivity index (χ4v) is 4.03. The number of carbonyl (C=O) groups is 1. The van der Waals surface area contributed by atoms with Gasteiger partial charge in [0.2, 0.25) is 0 Å². The molecule has 0 aliphatic heterocycles. The van der Waals surface area contributed by atoms with E-state index in [1.165, 1.54) is 0 Å². The van der Waals surface area contributed by atoms with E-state index in [2.05, 4.69) is 0 Å². The number of rotatable bonds is 3. The Labute approximate surface area is 130 Å². The molecule has 1 fully saturated rings. The topological polar surface area (TPSA) is 57.5 Å². The molecule has 0 spiro atoms. The lowest BCUT2D eigenvalue weighted by Crippen LogP contribution is -2.58. The van der Waals surface area contributed by atoms with Crippen LogP contribution in [0.15, 0.2) is 42.5 Å². The summed E-state index contributed by atoms with van der Waals surface area (Å²) in [5, 5.41) is 23.2. The van der Waals surface area contributed by atoms with Crippen LogP contribution in [0.1, 0.15) is 44.6 Å². The van der Waals surface area contributed by atoms with Crippen molar-refractivity contribution >= 4 is 16.7 Å². The highest BCUT2D eigenvalue weighted by molar-refractivity contribution is 5.88. The predicted molar refractivity (Wildman–Crippen MR) is 87.0 cm³/mol. The number of benzene rings is 2. The Bertz CT molecular complexity index is 709. The number of carboxylic acids is 1. The van der Waals surface area contributed by atoms with Gasteiger partial charge in [0.1, 0.15) is 5.41 Å². The first-order chi connectivity index (χ1) is 10.5. The lowest BCUT2D eigenvalue weighted by atomic mass is 9.58. The smallest absolute Gasteiger partial charge is 0.317 e. The van der Waals surface area contributed by atoms with Gasteiger partial charge in [0.15, 0.2) is 0 Å². The van der Waals surface area contributed by atoms with Gasteiger partial charge in [-0.05, 0) is 41.7 Å². The standard InChI is InChI=1S/C19H22O3/c1-2-18(22)11-5-6-12-19(18,17(20)21)16-10-9-14-7-3-4-8-15(14)13-16/h3-4,7-10,13,22H,2,5-6,11-12H2,1H3,(H,20,21). The molecular weight excluding hydrogens is 276 g/mol. The van der Waals surface area contributed by atoms with E-state index in [1.54, 1.807) is 0 Å². The summed E-state index contributed by atoms with van der Waals surface area (Å²) >= 11 is 0. The van der Waals surface area contributed by atoms with Gasteiger partial charge in [0.05, 0.1) is 5.60 Å². The van der Waals surface area contributed by atoms with Crippen LogP contribution in [-0.4, -0.2) is 21.8 Å². The molecule has 2 unspecified atom stereocenters. The van der Waals surface area contributed by atoms with Crippen molar-refractivity contribution in [2.45, 2.75) is 50.0 Å². The van der Waals surface area contributed by atoms with Crippen molar-refractivity contribution < 1.29 is 15.0 Å². The molecule has 3 rings (SSSR count). The molecule has 0 amide bonds. The number of hydrogen-bond acceptors (Lipinski definition) is 2. The summed E-state index contributed by atoms with van der Waals surface area (Å²) in [6.07, 6.45) is 3.20. The van der Waals surface area contributed by atoms with Crippen LogP contribution in [0.4, 0.5) is 0 Å². The Hall–Kier alpha value is -1.87. The number of carboxylic acid groups (broad SMARTS) is 1. The Balaban J connectivity index is 2.22. The zero-order valence-electron chi connectivity index (χ0n) is 12.9. The molecule has 1 saturated carbocycles. The third kappa shape index (κ3) is 2.03. The first-order valence-corrected chi connectivity index (χ1v) is 7.98. The molecule has 2 atom stereocenters. The van der Waals surface area contributed by atoms with Gasteiger partial charge in [-0.1, -0.05) is 56.2 Å². The lowest BCUT2D eigenvalue weighted by Gasteiger charge is -2.47. The highest BCUT2D eigenvalue weighted by atomic mass is 16.4. The largest absolute Gasteiger partial charge is 0.480 e. The highest BCUT2D eigenvalue weighted by Gasteiger charge is 2.57. The summed E-state index contributed by atoms with van der Waals surface area (Å²) in [6, 6.07) is 13.7. The SMILES string of the molecule is CCC1(O)CCCCC1(C(=O)O)c1ccc2ccccc2c1. The normalized spacial score (nSPS) is 28.6. The molecular formula is C19H22O3. The zero-order chi connectivity index (χ0) is 15.8. The second-order valence-corrected chi connectivity index (χ2v) is 6.36. The molecule has 0 radical (unpaired) electrons. The van der Waals surface area contributed by atoms with E-state index in [-0.39, 0.29) is 0 Å². The van der Waals surface area contributed by atoms with Crippen LogP contribution in [0.5, 0.6) is 0 Å². The van der Waals surface area contributed by atoms with Crippen LogP contribution in [0, 0.1) is 0 Å². The van der Waals surface area contributed by atoms with E-state index < -0.39 is 17.0 Å². The van der Waals surface area contributed by atoms with Crippen molar-refractivity contribution in [3.8, 4) is 0 Å². The molecule has 2 aromatic carbocycles. The molecule has 0 aromatic heterocycles. The summed E-state index contributed by atoms with van der Waals surface area (Å²) in [4.78, 5) is 12.2. The average Bonchev–Trinajstić information content (AvgIpc) is 2.54. The molecule has 0 bridgehead atoms. The zero-order valence-corrected chi connectivity index (χ0v) is 12.9. The molecule has 2 aromatic rings. The molecule has 116 valence electrons. The summed E-state index contributed by atoms with van der Waals surface area (Å²) in [5.74, 6) is -0.910. The quantitative estimate of drug-likeness (QED) is 0.904. The van der Waals surface area contributed by atoms with E-state index in [9.17, 15) is 15.0 Å². The predicted octanol–water partition coefficient (Wildman–Crippen LogP) is 3.88. The molecule has 0 saturated heterocycles. The van der Waals surface area contributed by atoms with Crippen molar-refractivity contribution in [3.63, 3.8) is 0 Å². The first kappa shape index (κ1) is 15.0. The monoisotopic (exact) mass is 298 g/mol. The van der Waals surface area contributed by atoms with Crippen molar-refractivity contribution in [3.05, 3.63) is 48.0 Å². The maximum Gasteiger partial charge on any atom is 0.317 e. The second kappa shape index (κ2) is 5.40. The molecule has 1 aliphatic carbocycles. The number of hydrogen-bond donors (Lipinski definition) is 2. The van der Waals surface area contributed by atoms with Crippen molar-refractivity contribution in [2.75, 3.05) is 0 Å². The van der Waals surface area contributed by atoms with E-state index in [0.29, 0.717) is 19.3 Å². The molecule has 3 heteroatoms. The van der Waals surface area contributed by atoms with Gasteiger partial charge in [0, 0.05) is 0 Å². The Morgan fingerprint density at radius 3 is 2.45 bits per heavy atom. The van der Waals surface area contributed by atoms with Gasteiger partial charge in [-0.3, -0.25) is 4.79 Å². The lowest BCUT2D eigenvalue weighted by molar-refractivity contribution is -0.162. The van der Waals surface area contributed by atoms with Gasteiger partial charge < -0.3 is 10.2 Å². The summed E-state index contributed by atoms with van der Waals surface area (Å²) in [5.41, 5.74) is -1.66. The van der Waals surface area contributed by atoms with Gasteiger partial charge in [-0.2, -0.15) is 0 Å². The Morgan fingerprint density at radius 1 is 1.09 bits per heavy atom. The number of aliphatic hydroxyl groups is 1. The van der Waals surface area contributed by atoms with E-state index in [0.717, 1.165) is 29.2 Å². The van der Waals surface area contributed by atoms with Crippen LogP contribution in [-0.2, 0) is 10.2 Å². The minimum atomic E-state index is -1.20. The van der Waals surface area contributed by atoms with E-state index in [1.807, 2.05) is 49.4 Å². The van der Waals surface area contributed by atoms with E-state index in [4.69, 9.17) is 0 Å². The van der Waals surface area contributed by atoms with Crippen LogP contribution < -0.4 is 0 Å². The van der Waals surface area contributed by atoms with Crippen molar-refractivity contribution in [1.29, 1.82) is 0 Å². The fourth-order valence-electron chi connectivity index (χ4n) is 4.03. The van der Waals surface area contributed by atoms with Gasteiger partial charge in [0.25, 0.3) is 0 Å². The summed E-state index contributed by atoms with van der Waals surface area (Å²) in [6.45, 7) is 1.88. The maximum atomic E-state index is 12.2. The Kier molecular flexibility index (Phi) is 3.69. The van der Waals surface area contributed by atoms with Gasteiger partial charge in [-0.25, -0.2) is 0 Å². The minimum Gasteiger partial charge on any atom is -0.480 e. The Morgan fingerprint density at radius 2 is 1.77 bits per heavy atom. The molecule has 0 heterocycles. The van der Waals surface area contributed by atoms with Crippen molar-refractivity contribution in [2.24, 2.45) is 0 Å². The van der Waals surface area contributed by atoms with Crippen molar-refractivity contribution in [1.82, 2.24) is 0 Å². The maximum absolute atomic E-state index is 12.2. The third-order valence-corrected chi connectivity index (χ3v) is 5.38. The second-order valence-electron chi connectivity index (χ2n) is 6.36. The fraction of sp³-hybridized carbons (Fsp3) is 0.421. The summed E-state index contributed by atoms with van der Waals surface area (Å²) in [7, 11) is 0. The van der Waals surface area contributed by atoms with Crippen LogP contribution >= 0.6 is 0 Å². The molecule has 3 nitrogen and oxygen atoms in total. The van der Waals surface area contributed by atoms with E-state index >= 15 is 0 Å².